The molecular weight excluding hydrogens is 751 g/mol. The molecule has 0 N–H and O–H groups in total. The summed E-state index contributed by atoms with van der Waals surface area (Å²) in [6.07, 6.45) is 0. The van der Waals surface area contributed by atoms with Gasteiger partial charge < -0.3 is 9.32 Å². The van der Waals surface area contributed by atoms with Gasteiger partial charge in [0, 0.05) is 22.3 Å². The van der Waals surface area contributed by atoms with E-state index < -0.39 is 0 Å². The lowest BCUT2D eigenvalue weighted by Gasteiger charge is -2.28. The van der Waals surface area contributed by atoms with Crippen LogP contribution < -0.4 is 4.90 Å². The van der Waals surface area contributed by atoms with E-state index >= 15 is 0 Å². The van der Waals surface area contributed by atoms with Gasteiger partial charge in [0.15, 0.2) is 0 Å². The third-order valence-electron chi connectivity index (χ3n) is 12.4. The Morgan fingerprint density at radius 2 is 0.855 bits per heavy atom. The fraction of sp³-hybridized carbons (Fsp3) is 0. The van der Waals surface area contributed by atoms with Crippen molar-refractivity contribution in [3.63, 3.8) is 0 Å². The molecule has 0 atom stereocenters. The fourth-order valence-electron chi connectivity index (χ4n) is 9.53. The van der Waals surface area contributed by atoms with Gasteiger partial charge in [-0.1, -0.05) is 182 Å². The molecule has 0 spiro atoms. The topological polar surface area (TPSA) is 16.4 Å². The summed E-state index contributed by atoms with van der Waals surface area (Å²) in [5, 5.41) is 9.54. The van der Waals surface area contributed by atoms with Crippen molar-refractivity contribution in [2.24, 2.45) is 0 Å². The molecule has 1 heterocycles. The Hall–Kier alpha value is -8.20. The number of nitrogens with zero attached hydrogens (tertiary/aromatic N) is 1. The third kappa shape index (κ3) is 6.04. The van der Waals surface area contributed by atoms with Crippen LogP contribution in [0.25, 0.3) is 98.8 Å². The van der Waals surface area contributed by atoms with Crippen LogP contribution >= 0.6 is 0 Å². The first-order valence-corrected chi connectivity index (χ1v) is 21.2. The zero-order valence-corrected chi connectivity index (χ0v) is 33.9. The number of furan rings is 1. The van der Waals surface area contributed by atoms with Crippen molar-refractivity contribution in [3.8, 4) is 44.5 Å². The zero-order chi connectivity index (χ0) is 41.0. The third-order valence-corrected chi connectivity index (χ3v) is 12.4. The predicted octanol–water partition coefficient (Wildman–Crippen LogP) is 17.2. The van der Waals surface area contributed by atoms with Crippen molar-refractivity contribution in [1.29, 1.82) is 0 Å². The van der Waals surface area contributed by atoms with Crippen LogP contribution in [0.4, 0.5) is 17.1 Å². The maximum absolute atomic E-state index is 6.93. The molecule has 2 heteroatoms. The van der Waals surface area contributed by atoms with E-state index in [4.69, 9.17) is 4.42 Å². The quantitative estimate of drug-likeness (QED) is 0.150. The molecule has 0 saturated heterocycles. The first-order valence-electron chi connectivity index (χ1n) is 21.2. The van der Waals surface area contributed by atoms with Crippen LogP contribution in [0.2, 0.25) is 0 Å². The van der Waals surface area contributed by atoms with E-state index in [1.54, 1.807) is 0 Å². The lowest BCUT2D eigenvalue weighted by atomic mass is 9.92. The molecule has 1 aromatic heterocycles. The van der Waals surface area contributed by atoms with Crippen molar-refractivity contribution < 1.29 is 4.42 Å². The number of rotatable bonds is 7. The Labute approximate surface area is 360 Å². The van der Waals surface area contributed by atoms with Crippen LogP contribution in [0.5, 0.6) is 0 Å². The van der Waals surface area contributed by atoms with Crippen LogP contribution in [-0.2, 0) is 0 Å². The molecule has 0 aliphatic carbocycles. The molecule has 0 aliphatic heterocycles. The second-order valence-corrected chi connectivity index (χ2v) is 16.0. The number of anilines is 3. The molecule has 0 fully saturated rings. The molecule has 0 bridgehead atoms. The first-order chi connectivity index (χ1) is 30.7. The van der Waals surface area contributed by atoms with Crippen LogP contribution in [0.1, 0.15) is 0 Å². The number of fused-ring (bicyclic) bond motifs is 7. The Balaban J connectivity index is 1.11. The normalized spacial score (nSPS) is 11.5. The van der Waals surface area contributed by atoms with E-state index in [1.807, 2.05) is 0 Å². The minimum Gasteiger partial charge on any atom is -0.455 e. The number of benzene rings is 11. The smallest absolute Gasteiger partial charge is 0.145 e. The van der Waals surface area contributed by atoms with Crippen molar-refractivity contribution in [2.45, 2.75) is 0 Å². The molecular formula is C60H39NO. The van der Waals surface area contributed by atoms with Gasteiger partial charge >= 0.3 is 0 Å². The second kappa shape index (κ2) is 14.8. The van der Waals surface area contributed by atoms with Gasteiger partial charge in [-0.05, 0) is 126 Å². The van der Waals surface area contributed by atoms with Crippen LogP contribution in [-0.4, -0.2) is 0 Å². The summed E-state index contributed by atoms with van der Waals surface area (Å²) in [5.41, 5.74) is 14.1. The molecule has 290 valence electrons. The molecule has 12 rings (SSSR count). The lowest BCUT2D eigenvalue weighted by molar-refractivity contribution is 0.670. The highest BCUT2D eigenvalue weighted by Gasteiger charge is 2.23. The summed E-state index contributed by atoms with van der Waals surface area (Å²) in [6, 6.07) is 85.5. The second-order valence-electron chi connectivity index (χ2n) is 16.0. The van der Waals surface area contributed by atoms with Gasteiger partial charge in [0.1, 0.15) is 11.2 Å². The zero-order valence-electron chi connectivity index (χ0n) is 33.9. The Bertz CT molecular complexity index is 3650. The van der Waals surface area contributed by atoms with E-state index in [-0.39, 0.29) is 0 Å². The van der Waals surface area contributed by atoms with E-state index in [0.717, 1.165) is 61.3 Å². The van der Waals surface area contributed by atoms with Gasteiger partial charge in [-0.25, -0.2) is 0 Å². The van der Waals surface area contributed by atoms with Crippen LogP contribution in [0.3, 0.4) is 0 Å². The van der Waals surface area contributed by atoms with Gasteiger partial charge in [0.05, 0.1) is 11.1 Å². The van der Waals surface area contributed by atoms with Crippen molar-refractivity contribution >= 4 is 71.3 Å². The van der Waals surface area contributed by atoms with Gasteiger partial charge in [0.25, 0.3) is 0 Å². The average molecular weight is 790 g/mol. The van der Waals surface area contributed by atoms with Crippen molar-refractivity contribution in [3.05, 3.63) is 237 Å². The largest absolute Gasteiger partial charge is 0.455 e. The Morgan fingerprint density at radius 3 is 1.63 bits per heavy atom. The van der Waals surface area contributed by atoms with Crippen molar-refractivity contribution in [2.75, 3.05) is 4.90 Å². The molecule has 12 aromatic rings. The summed E-state index contributed by atoms with van der Waals surface area (Å²) < 4.78 is 6.93. The van der Waals surface area contributed by atoms with E-state index in [1.165, 1.54) is 54.6 Å². The monoisotopic (exact) mass is 789 g/mol. The van der Waals surface area contributed by atoms with Gasteiger partial charge in [-0.2, -0.15) is 0 Å². The van der Waals surface area contributed by atoms with E-state index in [2.05, 4.69) is 241 Å². The number of hydrogen-bond acceptors (Lipinski definition) is 2. The highest BCUT2D eigenvalue weighted by atomic mass is 16.3. The summed E-state index contributed by atoms with van der Waals surface area (Å²) >= 11 is 0. The predicted molar refractivity (Wildman–Crippen MR) is 263 cm³/mol. The fourth-order valence-corrected chi connectivity index (χ4v) is 9.53. The maximum Gasteiger partial charge on any atom is 0.145 e. The SMILES string of the molecule is c1ccc(-c2ccccc2-c2cccc(N(c3cccc(-c4cc5ccccc5c5ccccc45)c3)c3ccc(-c4ccc5ccccc5c4)c4oc5ccccc5c34)c2)cc1. The molecule has 0 unspecified atom stereocenters. The van der Waals surface area contributed by atoms with Gasteiger partial charge in [-0.3, -0.25) is 0 Å². The summed E-state index contributed by atoms with van der Waals surface area (Å²) in [5.74, 6) is 0. The van der Waals surface area contributed by atoms with Crippen LogP contribution in [0.15, 0.2) is 241 Å². The molecule has 2 nitrogen and oxygen atoms in total. The van der Waals surface area contributed by atoms with Gasteiger partial charge in [-0.15, -0.1) is 0 Å². The van der Waals surface area contributed by atoms with E-state index in [9.17, 15) is 0 Å². The molecule has 11 aromatic carbocycles. The number of hydrogen-bond donors (Lipinski definition) is 0. The molecule has 0 aliphatic rings. The molecule has 0 radical (unpaired) electrons. The first kappa shape index (κ1) is 35.7. The highest BCUT2D eigenvalue weighted by Crippen LogP contribution is 2.48. The van der Waals surface area contributed by atoms with E-state index in [0.29, 0.717) is 0 Å². The molecule has 0 amide bonds. The molecule has 0 saturated carbocycles. The minimum atomic E-state index is 0.860. The average Bonchev–Trinajstić information content (AvgIpc) is 3.74. The number of para-hydroxylation sites is 1. The maximum atomic E-state index is 6.93. The summed E-state index contributed by atoms with van der Waals surface area (Å²) in [4.78, 5) is 2.43. The summed E-state index contributed by atoms with van der Waals surface area (Å²) in [7, 11) is 0. The lowest BCUT2D eigenvalue weighted by Crippen LogP contribution is -2.11. The molecule has 62 heavy (non-hydrogen) atoms. The van der Waals surface area contributed by atoms with Gasteiger partial charge in [0.2, 0.25) is 0 Å². The minimum absolute atomic E-state index is 0.860. The summed E-state index contributed by atoms with van der Waals surface area (Å²) in [6.45, 7) is 0. The Morgan fingerprint density at radius 1 is 0.290 bits per heavy atom. The Kier molecular flexibility index (Phi) is 8.53. The van der Waals surface area contributed by atoms with Crippen LogP contribution in [0, 0.1) is 0 Å². The van der Waals surface area contributed by atoms with Crippen molar-refractivity contribution in [1.82, 2.24) is 0 Å². The standard InChI is InChI=1S/C60H39NO/c1-2-17-41(18-3-1)49-25-8-9-26-50(49)43-21-14-23-47(37-43)61(48-24-15-22-44(38-48)56-39-45-20-6-7-27-51(45)53-28-10-11-29-54(53)56)57-35-34-52(46-33-32-40-16-4-5-19-42(40)36-46)60-59(57)55-30-12-13-31-58(55)62-60/h1-39H. The highest BCUT2D eigenvalue weighted by molar-refractivity contribution is 6.18.